The molecule has 162 valence electrons. The van der Waals surface area contributed by atoms with E-state index in [0.717, 1.165) is 23.4 Å². The molecule has 0 aliphatic carbocycles. The zero-order valence-electron chi connectivity index (χ0n) is 16.0. The predicted octanol–water partition coefficient (Wildman–Crippen LogP) is 5.10. The molecule has 2 atom stereocenters. The minimum Gasteiger partial charge on any atom is -0.391 e. The number of benzene rings is 1. The molecule has 0 radical (unpaired) electrons. The number of halogens is 3. The van der Waals surface area contributed by atoms with E-state index < -0.39 is 34.2 Å². The molecule has 1 N–H and O–H groups in total. The molecule has 31 heavy (non-hydrogen) atoms. The van der Waals surface area contributed by atoms with Crippen LogP contribution in [0.4, 0.5) is 13.2 Å². The fourth-order valence-electron chi connectivity index (χ4n) is 2.77. The molecule has 1 aromatic carbocycles. The fourth-order valence-corrected chi connectivity index (χ4v) is 5.76. The normalized spacial score (nSPS) is 13.5. The van der Waals surface area contributed by atoms with Gasteiger partial charge in [-0.05, 0) is 23.1 Å². The van der Waals surface area contributed by atoms with Crippen LogP contribution in [0.15, 0.2) is 58.9 Å². The molecule has 2 aromatic heterocycles. The fraction of sp³-hybridized carbons (Fsp3) is 0.238. The van der Waals surface area contributed by atoms with Crippen LogP contribution < -0.4 is 0 Å². The molecule has 0 unspecified atom stereocenters. The zero-order valence-corrected chi connectivity index (χ0v) is 18.5. The van der Waals surface area contributed by atoms with E-state index >= 15 is 0 Å². The number of aliphatic hydroxyl groups is 1. The van der Waals surface area contributed by atoms with Gasteiger partial charge in [0.15, 0.2) is 0 Å². The summed E-state index contributed by atoms with van der Waals surface area (Å²) in [5.41, 5.74) is -0.646. The number of thiophene rings is 1. The van der Waals surface area contributed by atoms with Crippen molar-refractivity contribution in [3.63, 3.8) is 0 Å². The van der Waals surface area contributed by atoms with Gasteiger partial charge in [-0.25, -0.2) is 4.98 Å². The lowest BCUT2D eigenvalue weighted by molar-refractivity contribution is -0.138. The first-order chi connectivity index (χ1) is 14.8. The van der Waals surface area contributed by atoms with Gasteiger partial charge >= 0.3 is 6.18 Å². The van der Waals surface area contributed by atoms with Crippen LogP contribution in [-0.4, -0.2) is 31.9 Å². The predicted molar refractivity (Wildman–Crippen MR) is 117 cm³/mol. The summed E-state index contributed by atoms with van der Waals surface area (Å²) in [5, 5.41) is 21.2. The lowest BCUT2D eigenvalue weighted by Gasteiger charge is -2.15. The Balaban J connectivity index is 1.76. The topological polar surface area (TPSA) is 74.0 Å². The maximum Gasteiger partial charge on any atom is 0.417 e. The van der Waals surface area contributed by atoms with Crippen molar-refractivity contribution in [2.24, 2.45) is 0 Å². The second-order valence-corrected chi connectivity index (χ2v) is 9.98. The standard InChI is InChI=1S/C21H17F3N2O2S3/c22-21(23,24)17-9-18(19-7-4-8-29-19)26-20(16(17)10-25)30-11-15(27)13-31(28)12-14-5-2-1-3-6-14/h1-9,15,27H,11-13H2/t15-,31-/m1/s1. The zero-order chi connectivity index (χ0) is 22.4. The first kappa shape index (κ1) is 23.5. The molecule has 0 bridgehead atoms. The van der Waals surface area contributed by atoms with Crippen LogP contribution in [0.1, 0.15) is 16.7 Å². The number of hydrogen-bond acceptors (Lipinski definition) is 6. The summed E-state index contributed by atoms with van der Waals surface area (Å²) in [7, 11) is -1.34. The van der Waals surface area contributed by atoms with Crippen LogP contribution in [0, 0.1) is 11.3 Å². The van der Waals surface area contributed by atoms with E-state index in [9.17, 15) is 27.7 Å². The van der Waals surface area contributed by atoms with Crippen LogP contribution in [0.5, 0.6) is 0 Å². The molecule has 4 nitrogen and oxygen atoms in total. The number of thioether (sulfide) groups is 1. The van der Waals surface area contributed by atoms with E-state index in [2.05, 4.69) is 4.98 Å². The van der Waals surface area contributed by atoms with Gasteiger partial charge in [-0.15, -0.1) is 23.1 Å². The van der Waals surface area contributed by atoms with Crippen LogP contribution in [0.3, 0.4) is 0 Å². The molecule has 10 heteroatoms. The van der Waals surface area contributed by atoms with Crippen LogP contribution in [-0.2, 0) is 22.7 Å². The summed E-state index contributed by atoms with van der Waals surface area (Å²) in [6.45, 7) is 0. The van der Waals surface area contributed by atoms with Gasteiger partial charge in [-0.1, -0.05) is 36.4 Å². The van der Waals surface area contributed by atoms with Gasteiger partial charge in [0.25, 0.3) is 0 Å². The highest BCUT2D eigenvalue weighted by molar-refractivity contribution is 7.99. The Morgan fingerprint density at radius 1 is 1.23 bits per heavy atom. The van der Waals surface area contributed by atoms with Gasteiger partial charge in [0.05, 0.1) is 33.6 Å². The third kappa shape index (κ3) is 6.40. The van der Waals surface area contributed by atoms with E-state index in [0.29, 0.717) is 4.88 Å². The third-order valence-electron chi connectivity index (χ3n) is 4.14. The van der Waals surface area contributed by atoms with E-state index in [1.54, 1.807) is 23.6 Å². The summed E-state index contributed by atoms with van der Waals surface area (Å²) < 4.78 is 52.9. The molecule has 0 saturated carbocycles. The maximum atomic E-state index is 13.5. The van der Waals surface area contributed by atoms with E-state index in [1.165, 1.54) is 11.3 Å². The van der Waals surface area contributed by atoms with Gasteiger partial charge in [-0.2, -0.15) is 18.4 Å². The number of nitrogens with zero attached hydrogens (tertiary/aromatic N) is 2. The van der Waals surface area contributed by atoms with Crippen molar-refractivity contribution in [3.8, 4) is 16.6 Å². The number of nitriles is 1. The number of pyridine rings is 1. The number of hydrogen-bond donors (Lipinski definition) is 1. The van der Waals surface area contributed by atoms with Crippen molar-refractivity contribution in [2.45, 2.75) is 23.1 Å². The van der Waals surface area contributed by atoms with E-state index in [-0.39, 0.29) is 28.0 Å². The molecule has 0 spiro atoms. The molecule has 0 saturated heterocycles. The minimum atomic E-state index is -4.72. The lowest BCUT2D eigenvalue weighted by Crippen LogP contribution is -2.20. The molecule has 0 aliphatic rings. The third-order valence-corrected chi connectivity index (χ3v) is 7.56. The summed E-state index contributed by atoms with van der Waals surface area (Å²) in [6, 6.07) is 15.0. The Morgan fingerprint density at radius 2 is 1.97 bits per heavy atom. The molecule has 0 aliphatic heterocycles. The number of rotatable bonds is 8. The molecular weight excluding hydrogens is 465 g/mol. The molecule has 0 amide bonds. The highest BCUT2D eigenvalue weighted by Crippen LogP contribution is 2.38. The van der Waals surface area contributed by atoms with Gasteiger partial charge in [-0.3, -0.25) is 4.21 Å². The second-order valence-electron chi connectivity index (χ2n) is 6.52. The number of alkyl halides is 3. The van der Waals surface area contributed by atoms with Gasteiger partial charge in [0.2, 0.25) is 0 Å². The number of aromatic nitrogens is 1. The summed E-state index contributed by atoms with van der Waals surface area (Å²) in [5.74, 6) is 0.213. The Morgan fingerprint density at radius 3 is 2.58 bits per heavy atom. The second kappa shape index (κ2) is 10.4. The van der Waals surface area contributed by atoms with Crippen molar-refractivity contribution in [2.75, 3.05) is 11.5 Å². The average Bonchev–Trinajstić information content (AvgIpc) is 3.26. The maximum absolute atomic E-state index is 13.5. The van der Waals surface area contributed by atoms with Gasteiger partial charge in [0.1, 0.15) is 11.1 Å². The first-order valence-electron chi connectivity index (χ1n) is 9.04. The van der Waals surface area contributed by atoms with Crippen molar-refractivity contribution < 1.29 is 22.5 Å². The summed E-state index contributed by atoms with van der Waals surface area (Å²) in [6.07, 6.45) is -5.74. The summed E-state index contributed by atoms with van der Waals surface area (Å²) >= 11 is 2.10. The smallest absolute Gasteiger partial charge is 0.391 e. The molecule has 0 fully saturated rings. The molecule has 3 rings (SSSR count). The Hall–Kier alpha value is -2.19. The Labute approximate surface area is 188 Å². The van der Waals surface area contributed by atoms with E-state index in [4.69, 9.17) is 0 Å². The minimum absolute atomic E-state index is 0.0273. The Kier molecular flexibility index (Phi) is 7.89. The van der Waals surface area contributed by atoms with Crippen LogP contribution in [0.25, 0.3) is 10.6 Å². The van der Waals surface area contributed by atoms with Gasteiger partial charge < -0.3 is 5.11 Å². The monoisotopic (exact) mass is 482 g/mol. The number of aliphatic hydroxyl groups excluding tert-OH is 1. The molecule has 3 aromatic rings. The average molecular weight is 483 g/mol. The van der Waals surface area contributed by atoms with Crippen LogP contribution in [0.2, 0.25) is 0 Å². The van der Waals surface area contributed by atoms with Crippen molar-refractivity contribution >= 4 is 33.9 Å². The molecular formula is C21H17F3N2O2S3. The SMILES string of the molecule is N#Cc1c(C(F)(F)F)cc(-c2cccs2)nc1SC[C@@H](O)C[S@](=O)Cc1ccccc1. The largest absolute Gasteiger partial charge is 0.417 e. The van der Waals surface area contributed by atoms with Crippen molar-refractivity contribution in [1.29, 1.82) is 5.26 Å². The highest BCUT2D eigenvalue weighted by Gasteiger charge is 2.36. The lowest BCUT2D eigenvalue weighted by atomic mass is 10.1. The first-order valence-corrected chi connectivity index (χ1v) is 12.4. The van der Waals surface area contributed by atoms with Gasteiger partial charge in [0, 0.05) is 22.3 Å². The summed E-state index contributed by atoms with van der Waals surface area (Å²) in [4.78, 5) is 4.79. The molecule has 2 heterocycles. The quantitative estimate of drug-likeness (QED) is 0.452. The highest BCUT2D eigenvalue weighted by atomic mass is 32.2. The Bertz CT molecular complexity index is 1080. The van der Waals surface area contributed by atoms with E-state index in [1.807, 2.05) is 30.3 Å². The van der Waals surface area contributed by atoms with Crippen molar-refractivity contribution in [3.05, 3.63) is 70.6 Å². The van der Waals surface area contributed by atoms with Crippen molar-refractivity contribution in [1.82, 2.24) is 4.98 Å². The van der Waals surface area contributed by atoms with Crippen LogP contribution >= 0.6 is 23.1 Å².